The summed E-state index contributed by atoms with van der Waals surface area (Å²) in [4.78, 5) is 7.93. The highest BCUT2D eigenvalue weighted by Gasteiger charge is 2.20. The first-order valence-electron chi connectivity index (χ1n) is 5.69. The van der Waals surface area contributed by atoms with Crippen LogP contribution in [0.4, 0.5) is 0 Å². The SMILES string of the molecule is CCN1CCC(CNCc2cncs2)C1. The largest absolute Gasteiger partial charge is 0.311 e. The standard InChI is InChI=1S/C11H19N3S/c1-2-14-4-3-10(8-14)5-12-6-11-7-13-9-15-11/h7,9-10,12H,2-6,8H2,1H3. The van der Waals surface area contributed by atoms with Gasteiger partial charge in [0.2, 0.25) is 0 Å². The van der Waals surface area contributed by atoms with Crippen molar-refractivity contribution in [2.24, 2.45) is 5.92 Å². The van der Waals surface area contributed by atoms with Gasteiger partial charge >= 0.3 is 0 Å². The van der Waals surface area contributed by atoms with Crippen molar-refractivity contribution in [1.82, 2.24) is 15.2 Å². The Bertz CT molecular complexity index is 273. The minimum absolute atomic E-state index is 0.845. The second-order valence-electron chi connectivity index (χ2n) is 4.15. The van der Waals surface area contributed by atoms with E-state index >= 15 is 0 Å². The molecule has 2 rings (SSSR count). The molecule has 1 atom stereocenters. The Labute approximate surface area is 95.5 Å². The van der Waals surface area contributed by atoms with Crippen LogP contribution >= 0.6 is 11.3 Å². The van der Waals surface area contributed by atoms with Gasteiger partial charge in [0.05, 0.1) is 5.51 Å². The van der Waals surface area contributed by atoms with Crippen LogP contribution in [0.15, 0.2) is 11.7 Å². The Balaban J connectivity index is 1.63. The van der Waals surface area contributed by atoms with Crippen molar-refractivity contribution in [3.05, 3.63) is 16.6 Å². The summed E-state index contributed by atoms with van der Waals surface area (Å²) >= 11 is 1.73. The molecule has 1 aliphatic heterocycles. The maximum absolute atomic E-state index is 4.07. The van der Waals surface area contributed by atoms with E-state index in [9.17, 15) is 0 Å². The van der Waals surface area contributed by atoms with Crippen LogP contribution in [0.1, 0.15) is 18.2 Å². The maximum atomic E-state index is 4.07. The molecule has 0 amide bonds. The maximum Gasteiger partial charge on any atom is 0.0794 e. The normalized spacial score (nSPS) is 22.3. The fourth-order valence-corrected chi connectivity index (χ4v) is 2.66. The average molecular weight is 225 g/mol. The van der Waals surface area contributed by atoms with Crippen LogP contribution in [0.5, 0.6) is 0 Å². The Morgan fingerprint density at radius 1 is 1.67 bits per heavy atom. The number of nitrogens with zero attached hydrogens (tertiary/aromatic N) is 2. The van der Waals surface area contributed by atoms with Gasteiger partial charge in [-0.1, -0.05) is 6.92 Å². The molecule has 0 saturated carbocycles. The number of nitrogens with one attached hydrogen (secondary N) is 1. The molecule has 1 aromatic rings. The molecule has 0 spiro atoms. The van der Waals surface area contributed by atoms with Gasteiger partial charge in [-0.05, 0) is 32.0 Å². The van der Waals surface area contributed by atoms with E-state index in [0.717, 1.165) is 19.0 Å². The van der Waals surface area contributed by atoms with Gasteiger partial charge in [0, 0.05) is 24.2 Å². The van der Waals surface area contributed by atoms with Crippen LogP contribution in [0.25, 0.3) is 0 Å². The first-order valence-corrected chi connectivity index (χ1v) is 6.57. The lowest BCUT2D eigenvalue weighted by Gasteiger charge is -2.13. The Morgan fingerprint density at radius 2 is 2.60 bits per heavy atom. The molecule has 4 heteroatoms. The molecule has 84 valence electrons. The topological polar surface area (TPSA) is 28.2 Å². The summed E-state index contributed by atoms with van der Waals surface area (Å²) in [5.41, 5.74) is 1.89. The van der Waals surface area contributed by atoms with Gasteiger partial charge in [-0.3, -0.25) is 4.98 Å². The highest BCUT2D eigenvalue weighted by Crippen LogP contribution is 2.14. The first-order chi connectivity index (χ1) is 7.38. The molecule has 1 aliphatic rings. The molecule has 1 fully saturated rings. The summed E-state index contributed by atoms with van der Waals surface area (Å²) < 4.78 is 0. The molecule has 1 aromatic heterocycles. The lowest BCUT2D eigenvalue weighted by molar-refractivity contribution is 0.339. The summed E-state index contributed by atoms with van der Waals surface area (Å²) in [6.07, 6.45) is 3.30. The average Bonchev–Trinajstić information content (AvgIpc) is 2.88. The van der Waals surface area contributed by atoms with Gasteiger partial charge in [0.25, 0.3) is 0 Å². The predicted molar refractivity (Wildman–Crippen MR) is 64.0 cm³/mol. The number of aromatic nitrogens is 1. The van der Waals surface area contributed by atoms with Crippen molar-refractivity contribution in [2.75, 3.05) is 26.2 Å². The quantitative estimate of drug-likeness (QED) is 0.824. The molecule has 0 aliphatic carbocycles. The highest BCUT2D eigenvalue weighted by molar-refractivity contribution is 7.09. The molecule has 3 nitrogen and oxygen atoms in total. The Morgan fingerprint density at radius 3 is 3.27 bits per heavy atom. The number of likely N-dealkylation sites (tertiary alicyclic amines) is 1. The van der Waals surface area contributed by atoms with Crippen LogP contribution in [-0.4, -0.2) is 36.1 Å². The van der Waals surface area contributed by atoms with E-state index in [2.05, 4.69) is 22.1 Å². The van der Waals surface area contributed by atoms with Gasteiger partial charge in [0.1, 0.15) is 0 Å². The van der Waals surface area contributed by atoms with E-state index in [4.69, 9.17) is 0 Å². The molecule has 0 radical (unpaired) electrons. The van der Waals surface area contributed by atoms with Crippen LogP contribution in [0.2, 0.25) is 0 Å². The zero-order chi connectivity index (χ0) is 10.5. The molecule has 0 bridgehead atoms. The van der Waals surface area contributed by atoms with Crippen molar-refractivity contribution < 1.29 is 0 Å². The summed E-state index contributed by atoms with van der Waals surface area (Å²) in [6.45, 7) is 8.12. The summed E-state index contributed by atoms with van der Waals surface area (Å²) in [7, 11) is 0. The number of thiazole rings is 1. The van der Waals surface area contributed by atoms with Gasteiger partial charge in [-0.25, -0.2) is 0 Å². The van der Waals surface area contributed by atoms with Gasteiger partial charge < -0.3 is 10.2 Å². The van der Waals surface area contributed by atoms with E-state index in [1.54, 1.807) is 11.3 Å². The first kappa shape index (κ1) is 11.0. The molecule has 15 heavy (non-hydrogen) atoms. The Hall–Kier alpha value is -0.450. The minimum Gasteiger partial charge on any atom is -0.311 e. The fraction of sp³-hybridized carbons (Fsp3) is 0.727. The van der Waals surface area contributed by atoms with Crippen LogP contribution in [0, 0.1) is 5.92 Å². The van der Waals surface area contributed by atoms with Crippen LogP contribution < -0.4 is 5.32 Å². The van der Waals surface area contributed by atoms with Crippen molar-refractivity contribution in [3.63, 3.8) is 0 Å². The lowest BCUT2D eigenvalue weighted by atomic mass is 10.1. The number of hydrogen-bond acceptors (Lipinski definition) is 4. The predicted octanol–water partition coefficient (Wildman–Crippen LogP) is 1.57. The molecular formula is C11H19N3S. The van der Waals surface area contributed by atoms with Crippen molar-refractivity contribution in [1.29, 1.82) is 0 Å². The zero-order valence-corrected chi connectivity index (χ0v) is 10.1. The molecule has 2 heterocycles. The van der Waals surface area contributed by atoms with Gasteiger partial charge in [0.15, 0.2) is 0 Å². The monoisotopic (exact) mass is 225 g/mol. The molecule has 0 aromatic carbocycles. The molecule has 1 unspecified atom stereocenters. The minimum atomic E-state index is 0.845. The van der Waals surface area contributed by atoms with Crippen molar-refractivity contribution >= 4 is 11.3 Å². The van der Waals surface area contributed by atoms with Crippen LogP contribution in [-0.2, 0) is 6.54 Å². The smallest absolute Gasteiger partial charge is 0.0794 e. The zero-order valence-electron chi connectivity index (χ0n) is 9.28. The second kappa shape index (κ2) is 5.58. The molecule has 1 N–H and O–H groups in total. The highest BCUT2D eigenvalue weighted by atomic mass is 32.1. The van der Waals surface area contributed by atoms with E-state index < -0.39 is 0 Å². The van der Waals surface area contributed by atoms with Gasteiger partial charge in [-0.15, -0.1) is 11.3 Å². The lowest BCUT2D eigenvalue weighted by Crippen LogP contribution is -2.25. The van der Waals surface area contributed by atoms with Crippen molar-refractivity contribution in [2.45, 2.75) is 19.9 Å². The van der Waals surface area contributed by atoms with E-state index in [1.165, 1.54) is 30.9 Å². The Kier molecular flexibility index (Phi) is 4.11. The summed E-state index contributed by atoms with van der Waals surface area (Å²) in [6, 6.07) is 0. The third kappa shape index (κ3) is 3.26. The summed E-state index contributed by atoms with van der Waals surface area (Å²) in [5.74, 6) is 0.845. The third-order valence-electron chi connectivity index (χ3n) is 3.03. The number of rotatable bonds is 5. The fourth-order valence-electron chi connectivity index (χ4n) is 2.10. The molecule has 1 saturated heterocycles. The number of hydrogen-bond donors (Lipinski definition) is 1. The van der Waals surface area contributed by atoms with E-state index in [1.807, 2.05) is 11.7 Å². The van der Waals surface area contributed by atoms with E-state index in [-0.39, 0.29) is 0 Å². The summed E-state index contributed by atoms with van der Waals surface area (Å²) in [5, 5.41) is 3.52. The van der Waals surface area contributed by atoms with Crippen molar-refractivity contribution in [3.8, 4) is 0 Å². The third-order valence-corrected chi connectivity index (χ3v) is 3.81. The van der Waals surface area contributed by atoms with Gasteiger partial charge in [-0.2, -0.15) is 0 Å². The molecular weight excluding hydrogens is 206 g/mol. The van der Waals surface area contributed by atoms with Crippen LogP contribution in [0.3, 0.4) is 0 Å². The van der Waals surface area contributed by atoms with E-state index in [0.29, 0.717) is 0 Å². The second-order valence-corrected chi connectivity index (χ2v) is 5.12.